The molecule has 10 nitrogen and oxygen atoms in total. The maximum Gasteiger partial charge on any atom is 0.229 e. The molecule has 1 fully saturated rings. The van der Waals surface area contributed by atoms with Gasteiger partial charge < -0.3 is 19.7 Å². The summed E-state index contributed by atoms with van der Waals surface area (Å²) in [7, 11) is 1.98. The second kappa shape index (κ2) is 8.58. The van der Waals surface area contributed by atoms with Crippen LogP contribution in [0.2, 0.25) is 0 Å². The SMILES string of the molecule is CCc1ccc(N2CCN(c3nc(NC4CCCn5ncnc54)c4ncn(C)c4n3)CC2)cc1. The number of imidazole rings is 1. The third-order valence-corrected chi connectivity index (χ3v) is 6.95. The fraction of sp³-hybridized carbons (Fsp3) is 0.458. The number of benzene rings is 1. The van der Waals surface area contributed by atoms with Gasteiger partial charge in [0.1, 0.15) is 12.2 Å². The van der Waals surface area contributed by atoms with Gasteiger partial charge in [0, 0.05) is 45.5 Å². The minimum atomic E-state index is 0.0622. The van der Waals surface area contributed by atoms with Crippen molar-refractivity contribution in [2.45, 2.75) is 38.8 Å². The van der Waals surface area contributed by atoms with Crippen LogP contribution in [-0.2, 0) is 20.0 Å². The molecule has 6 rings (SSSR count). The normalized spacial score (nSPS) is 18.4. The van der Waals surface area contributed by atoms with Crippen molar-refractivity contribution in [2.24, 2.45) is 7.05 Å². The Bertz CT molecular complexity index is 1280. The fourth-order valence-corrected chi connectivity index (χ4v) is 4.94. The number of hydrogen-bond acceptors (Lipinski definition) is 8. The molecular weight excluding hydrogens is 428 g/mol. The lowest BCUT2D eigenvalue weighted by molar-refractivity contribution is 0.437. The van der Waals surface area contributed by atoms with E-state index in [4.69, 9.17) is 9.97 Å². The van der Waals surface area contributed by atoms with Crippen molar-refractivity contribution in [1.29, 1.82) is 0 Å². The van der Waals surface area contributed by atoms with Crippen LogP contribution in [0.5, 0.6) is 0 Å². The number of piperazine rings is 1. The van der Waals surface area contributed by atoms with E-state index in [9.17, 15) is 0 Å². The molecule has 2 aliphatic heterocycles. The molecule has 0 bridgehead atoms. The summed E-state index contributed by atoms with van der Waals surface area (Å²) in [4.78, 5) is 23.6. The molecule has 1 atom stereocenters. The first-order chi connectivity index (χ1) is 16.7. The maximum atomic E-state index is 4.96. The van der Waals surface area contributed by atoms with E-state index in [1.165, 1.54) is 11.3 Å². The van der Waals surface area contributed by atoms with Crippen molar-refractivity contribution in [3.63, 3.8) is 0 Å². The largest absolute Gasteiger partial charge is 0.368 e. The number of nitrogens with zero attached hydrogens (tertiary/aromatic N) is 9. The van der Waals surface area contributed by atoms with E-state index in [2.05, 4.69) is 61.4 Å². The van der Waals surface area contributed by atoms with Crippen LogP contribution in [0, 0.1) is 0 Å². The molecular formula is C24H30N10. The predicted molar refractivity (Wildman–Crippen MR) is 132 cm³/mol. The van der Waals surface area contributed by atoms with Crippen molar-refractivity contribution in [3.05, 3.63) is 48.3 Å². The zero-order valence-electron chi connectivity index (χ0n) is 19.7. The molecule has 0 radical (unpaired) electrons. The fourth-order valence-electron chi connectivity index (χ4n) is 4.94. The number of anilines is 3. The van der Waals surface area contributed by atoms with Gasteiger partial charge in [-0.25, -0.2) is 14.6 Å². The van der Waals surface area contributed by atoms with Gasteiger partial charge in [-0.3, -0.25) is 0 Å². The number of nitrogens with one attached hydrogen (secondary N) is 1. The molecule has 0 spiro atoms. The Labute approximate surface area is 198 Å². The molecule has 10 heteroatoms. The molecule has 34 heavy (non-hydrogen) atoms. The summed E-state index contributed by atoms with van der Waals surface area (Å²) in [6.07, 6.45) is 6.54. The summed E-state index contributed by atoms with van der Waals surface area (Å²) in [5.74, 6) is 2.47. The van der Waals surface area contributed by atoms with Crippen LogP contribution in [-0.4, -0.2) is 60.5 Å². The highest BCUT2D eigenvalue weighted by Gasteiger charge is 2.26. The molecule has 1 unspecified atom stereocenters. The molecule has 5 heterocycles. The average Bonchev–Trinajstić information content (AvgIpc) is 3.52. The molecule has 0 saturated carbocycles. The maximum absolute atomic E-state index is 4.96. The van der Waals surface area contributed by atoms with Crippen LogP contribution in [0.3, 0.4) is 0 Å². The number of fused-ring (bicyclic) bond motifs is 2. The molecule has 1 N–H and O–H groups in total. The highest BCUT2D eigenvalue weighted by molar-refractivity contribution is 5.84. The summed E-state index contributed by atoms with van der Waals surface area (Å²) in [6.45, 7) is 6.72. The second-order valence-corrected chi connectivity index (χ2v) is 9.07. The van der Waals surface area contributed by atoms with Crippen molar-refractivity contribution in [1.82, 2.24) is 34.3 Å². The van der Waals surface area contributed by atoms with E-state index in [1.54, 1.807) is 12.7 Å². The number of rotatable bonds is 5. The average molecular weight is 459 g/mol. The summed E-state index contributed by atoms with van der Waals surface area (Å²) in [5.41, 5.74) is 4.28. The summed E-state index contributed by atoms with van der Waals surface area (Å²) >= 11 is 0. The molecule has 0 amide bonds. The van der Waals surface area contributed by atoms with Crippen molar-refractivity contribution in [2.75, 3.05) is 41.3 Å². The number of aromatic nitrogens is 7. The topological polar surface area (TPSA) is 92.8 Å². The number of hydrogen-bond donors (Lipinski definition) is 1. The van der Waals surface area contributed by atoms with E-state index < -0.39 is 0 Å². The molecule has 1 saturated heterocycles. The van der Waals surface area contributed by atoms with Crippen molar-refractivity contribution < 1.29 is 0 Å². The molecule has 3 aromatic heterocycles. The van der Waals surface area contributed by atoms with Crippen LogP contribution < -0.4 is 15.1 Å². The molecule has 1 aromatic carbocycles. The molecule has 176 valence electrons. The first kappa shape index (κ1) is 20.9. The summed E-state index contributed by atoms with van der Waals surface area (Å²) in [5, 5.41) is 7.96. The van der Waals surface area contributed by atoms with Crippen LogP contribution in [0.15, 0.2) is 36.9 Å². The van der Waals surface area contributed by atoms with Gasteiger partial charge >= 0.3 is 0 Å². The van der Waals surface area contributed by atoms with Crippen LogP contribution >= 0.6 is 0 Å². The Morgan fingerprint density at radius 1 is 0.971 bits per heavy atom. The lowest BCUT2D eigenvalue weighted by atomic mass is 10.1. The van der Waals surface area contributed by atoms with Gasteiger partial charge in [0.15, 0.2) is 17.0 Å². The molecule has 0 aliphatic carbocycles. The van der Waals surface area contributed by atoms with Crippen LogP contribution in [0.25, 0.3) is 11.2 Å². The van der Waals surface area contributed by atoms with E-state index in [1.807, 2.05) is 16.3 Å². The molecule has 2 aliphatic rings. The van der Waals surface area contributed by atoms with Gasteiger partial charge in [-0.15, -0.1) is 0 Å². The third kappa shape index (κ3) is 3.72. The van der Waals surface area contributed by atoms with Gasteiger partial charge in [-0.05, 0) is 37.0 Å². The Morgan fingerprint density at radius 2 is 1.76 bits per heavy atom. The highest BCUT2D eigenvalue weighted by Crippen LogP contribution is 2.30. The molecule has 4 aromatic rings. The van der Waals surface area contributed by atoms with E-state index in [0.717, 1.165) is 80.7 Å². The van der Waals surface area contributed by atoms with Gasteiger partial charge in [0.25, 0.3) is 0 Å². The predicted octanol–water partition coefficient (Wildman–Crippen LogP) is 2.79. The summed E-state index contributed by atoms with van der Waals surface area (Å²) < 4.78 is 3.94. The quantitative estimate of drug-likeness (QED) is 0.488. The van der Waals surface area contributed by atoms with E-state index in [-0.39, 0.29) is 6.04 Å². The Balaban J connectivity index is 1.24. The van der Waals surface area contributed by atoms with Gasteiger partial charge in [0.05, 0.1) is 12.4 Å². The standard InChI is InChI=1S/C24H30N10/c1-3-17-6-8-18(9-7-17)32-11-13-33(14-12-32)24-29-21(20-23(30-24)31(2)16-26-20)28-19-5-4-10-34-22(19)25-15-27-34/h6-9,15-16,19H,3-5,10-14H2,1-2H3,(H,28,29,30). The second-order valence-electron chi connectivity index (χ2n) is 9.07. The number of aryl methyl sites for hydroxylation is 3. The Hall–Kier alpha value is -3.69. The van der Waals surface area contributed by atoms with E-state index >= 15 is 0 Å². The monoisotopic (exact) mass is 458 g/mol. The Kier molecular flexibility index (Phi) is 5.27. The minimum absolute atomic E-state index is 0.0622. The van der Waals surface area contributed by atoms with Crippen molar-refractivity contribution >= 4 is 28.6 Å². The zero-order chi connectivity index (χ0) is 23.1. The lowest BCUT2D eigenvalue weighted by Gasteiger charge is -2.36. The third-order valence-electron chi connectivity index (χ3n) is 6.95. The van der Waals surface area contributed by atoms with Gasteiger partial charge in [0.2, 0.25) is 5.95 Å². The lowest BCUT2D eigenvalue weighted by Crippen LogP contribution is -2.47. The van der Waals surface area contributed by atoms with Gasteiger partial charge in [-0.1, -0.05) is 19.1 Å². The smallest absolute Gasteiger partial charge is 0.229 e. The van der Waals surface area contributed by atoms with Gasteiger partial charge in [-0.2, -0.15) is 15.1 Å². The summed E-state index contributed by atoms with van der Waals surface area (Å²) in [6, 6.07) is 8.98. The first-order valence-electron chi connectivity index (χ1n) is 12.1. The van der Waals surface area contributed by atoms with Crippen LogP contribution in [0.4, 0.5) is 17.5 Å². The first-order valence-corrected chi connectivity index (χ1v) is 12.1. The zero-order valence-corrected chi connectivity index (χ0v) is 19.7. The highest BCUT2D eigenvalue weighted by atomic mass is 15.4. The van der Waals surface area contributed by atoms with E-state index in [0.29, 0.717) is 0 Å². The Morgan fingerprint density at radius 3 is 2.56 bits per heavy atom. The minimum Gasteiger partial charge on any atom is -0.368 e. The van der Waals surface area contributed by atoms with Crippen LogP contribution in [0.1, 0.15) is 37.2 Å². The van der Waals surface area contributed by atoms with Crippen molar-refractivity contribution in [3.8, 4) is 0 Å².